The van der Waals surface area contributed by atoms with Crippen molar-refractivity contribution in [1.82, 2.24) is 0 Å². The molecule has 4 aliphatic carbocycles. The van der Waals surface area contributed by atoms with E-state index in [9.17, 15) is 4.79 Å². The molecule has 4 fully saturated rings. The second-order valence-electron chi connectivity index (χ2n) is 10.8. The summed E-state index contributed by atoms with van der Waals surface area (Å²) in [6.45, 7) is 2.13. The number of carbonyl (C=O) groups excluding carboxylic acids is 1. The van der Waals surface area contributed by atoms with Gasteiger partial charge in [0.25, 0.3) is 0 Å². The Balaban J connectivity index is 1.41. The lowest BCUT2D eigenvalue weighted by molar-refractivity contribution is -0.170. The van der Waals surface area contributed by atoms with Gasteiger partial charge in [-0.05, 0) is 113 Å². The summed E-state index contributed by atoms with van der Waals surface area (Å²) in [6.07, 6.45) is 6.00. The van der Waals surface area contributed by atoms with Crippen LogP contribution < -0.4 is 4.74 Å². The third-order valence-corrected chi connectivity index (χ3v) is 11.2. The van der Waals surface area contributed by atoms with E-state index in [1.165, 1.54) is 39.5 Å². The Morgan fingerprint density at radius 2 is 1.42 bits per heavy atom. The molecule has 4 saturated carbocycles. The number of benzene rings is 3. The number of thiol groups is 1. The fourth-order valence-corrected chi connectivity index (χ4v) is 10.4. The Morgan fingerprint density at radius 1 is 0.818 bits per heavy atom. The van der Waals surface area contributed by atoms with Gasteiger partial charge in [-0.3, -0.25) is 4.79 Å². The van der Waals surface area contributed by atoms with Crippen molar-refractivity contribution in [3.05, 3.63) is 83.9 Å². The Hall–Kier alpha value is -2.52. The molecule has 1 aliphatic heterocycles. The molecule has 3 aromatic carbocycles. The van der Waals surface area contributed by atoms with Crippen molar-refractivity contribution in [2.45, 2.75) is 59.6 Å². The fourth-order valence-electron chi connectivity index (χ4n) is 7.96. The molecule has 3 atom stereocenters. The number of aryl methyl sites for hydroxylation is 1. The molecule has 0 radical (unpaired) electrons. The normalized spacial score (nSPS) is 31.5. The summed E-state index contributed by atoms with van der Waals surface area (Å²) in [5.74, 6) is 3.36. The first-order valence-corrected chi connectivity index (χ1v) is 13.7. The first-order valence-electron chi connectivity index (χ1n) is 12.4. The minimum absolute atomic E-state index is 0.0725. The standard InChI is InChI=1S/C30H30O2S/c1-19-12-25(33(23-8-4-2-5-9-23)24-10-6-3-7-11-24)16-26-27-22-14-20-13-21(15-22)18-30(27,17-20)29(31)32-28(19)26/h2-12,16,20-22,27,33H,13-15,17-18H2,1H3. The topological polar surface area (TPSA) is 26.3 Å². The minimum atomic E-state index is -0.671. The van der Waals surface area contributed by atoms with E-state index in [1.54, 1.807) is 0 Å². The van der Waals surface area contributed by atoms with E-state index < -0.39 is 10.9 Å². The highest BCUT2D eigenvalue weighted by Crippen LogP contribution is 2.69. The molecule has 1 spiro atoms. The lowest BCUT2D eigenvalue weighted by atomic mass is 9.43. The molecule has 3 unspecified atom stereocenters. The van der Waals surface area contributed by atoms with E-state index in [2.05, 4.69) is 79.7 Å². The van der Waals surface area contributed by atoms with Crippen molar-refractivity contribution in [3.63, 3.8) is 0 Å². The number of hydrogen-bond donors (Lipinski definition) is 1. The Bertz CT molecular complexity index is 1180. The lowest BCUT2D eigenvalue weighted by Gasteiger charge is -2.61. The predicted octanol–water partition coefficient (Wildman–Crippen LogP) is 7.30. The summed E-state index contributed by atoms with van der Waals surface area (Å²) < 4.78 is 6.19. The summed E-state index contributed by atoms with van der Waals surface area (Å²) in [6, 6.07) is 26.5. The summed E-state index contributed by atoms with van der Waals surface area (Å²) in [4.78, 5) is 17.6. The van der Waals surface area contributed by atoms with Gasteiger partial charge in [0.1, 0.15) is 5.75 Å². The molecule has 0 saturated heterocycles. The molecule has 3 heteroatoms. The van der Waals surface area contributed by atoms with Gasteiger partial charge >= 0.3 is 5.97 Å². The first kappa shape index (κ1) is 19.9. The Morgan fingerprint density at radius 3 is 2.03 bits per heavy atom. The summed E-state index contributed by atoms with van der Waals surface area (Å²) in [5, 5.41) is 0. The highest BCUT2D eigenvalue weighted by molar-refractivity contribution is 8.17. The maximum absolute atomic E-state index is 13.5. The average Bonchev–Trinajstić information content (AvgIpc) is 2.81. The van der Waals surface area contributed by atoms with Crippen LogP contribution in [0.25, 0.3) is 0 Å². The molecular formula is C30H30O2S. The highest BCUT2D eigenvalue weighted by atomic mass is 32.2. The largest absolute Gasteiger partial charge is 0.426 e. The number of hydrogen-bond acceptors (Lipinski definition) is 2. The molecule has 8 rings (SSSR count). The molecule has 0 amide bonds. The second-order valence-corrected chi connectivity index (χ2v) is 13.0. The van der Waals surface area contributed by atoms with Crippen molar-refractivity contribution in [3.8, 4) is 5.75 Å². The monoisotopic (exact) mass is 454 g/mol. The van der Waals surface area contributed by atoms with Gasteiger partial charge in [0.05, 0.1) is 5.41 Å². The summed E-state index contributed by atoms with van der Waals surface area (Å²) in [5.41, 5.74) is 2.17. The summed E-state index contributed by atoms with van der Waals surface area (Å²) >= 11 is 0. The van der Waals surface area contributed by atoms with Gasteiger partial charge in [0.2, 0.25) is 0 Å². The zero-order chi connectivity index (χ0) is 22.2. The molecule has 5 aliphatic rings. The van der Waals surface area contributed by atoms with Crippen molar-refractivity contribution in [2.24, 2.45) is 23.2 Å². The molecule has 1 heterocycles. The average molecular weight is 455 g/mol. The Labute approximate surface area is 198 Å². The third-order valence-electron chi connectivity index (χ3n) is 8.82. The predicted molar refractivity (Wildman–Crippen MR) is 132 cm³/mol. The number of esters is 1. The van der Waals surface area contributed by atoms with Crippen LogP contribution in [0.15, 0.2) is 87.5 Å². The number of fused-ring (bicyclic) bond motifs is 1. The first-order chi connectivity index (χ1) is 16.1. The van der Waals surface area contributed by atoms with Crippen molar-refractivity contribution in [1.29, 1.82) is 0 Å². The quantitative estimate of drug-likeness (QED) is 0.255. The van der Waals surface area contributed by atoms with Crippen molar-refractivity contribution >= 4 is 16.9 Å². The van der Waals surface area contributed by atoms with Gasteiger partial charge < -0.3 is 4.74 Å². The maximum Gasteiger partial charge on any atom is 0.318 e. The number of ether oxygens (including phenoxy) is 1. The zero-order valence-corrected chi connectivity index (χ0v) is 19.9. The lowest BCUT2D eigenvalue weighted by Crippen LogP contribution is -2.58. The smallest absolute Gasteiger partial charge is 0.318 e. The number of rotatable bonds is 3. The van der Waals surface area contributed by atoms with Crippen LogP contribution >= 0.6 is 10.9 Å². The van der Waals surface area contributed by atoms with E-state index in [4.69, 9.17) is 4.74 Å². The second kappa shape index (κ2) is 7.24. The fraction of sp³-hybridized carbons (Fsp3) is 0.367. The minimum Gasteiger partial charge on any atom is -0.426 e. The van der Waals surface area contributed by atoms with Gasteiger partial charge in [-0.25, -0.2) is 0 Å². The van der Waals surface area contributed by atoms with Gasteiger partial charge in [-0.15, -0.1) is 0 Å². The molecule has 0 aromatic heterocycles. The van der Waals surface area contributed by atoms with Crippen LogP contribution in [-0.2, 0) is 4.79 Å². The van der Waals surface area contributed by atoms with Crippen LogP contribution in [-0.4, -0.2) is 5.97 Å². The van der Waals surface area contributed by atoms with Gasteiger partial charge in [0.15, 0.2) is 0 Å². The van der Waals surface area contributed by atoms with Crippen LogP contribution in [0.2, 0.25) is 0 Å². The van der Waals surface area contributed by atoms with Crippen LogP contribution in [0.3, 0.4) is 0 Å². The van der Waals surface area contributed by atoms with Gasteiger partial charge in [-0.2, -0.15) is 10.9 Å². The van der Waals surface area contributed by atoms with E-state index in [1.807, 2.05) is 0 Å². The molecule has 4 bridgehead atoms. The third kappa shape index (κ3) is 2.91. The van der Waals surface area contributed by atoms with E-state index in [-0.39, 0.29) is 11.4 Å². The SMILES string of the molecule is Cc1cc([SH](c2ccccc2)c2ccccc2)cc2c1OC(=O)C13CC4CC(CC(C4)C21)C3. The molecule has 3 aromatic rings. The van der Waals surface area contributed by atoms with Crippen molar-refractivity contribution < 1.29 is 9.53 Å². The van der Waals surface area contributed by atoms with Crippen LogP contribution in [0, 0.1) is 30.1 Å². The zero-order valence-electron chi connectivity index (χ0n) is 19.0. The Kier molecular flexibility index (Phi) is 4.37. The van der Waals surface area contributed by atoms with Crippen LogP contribution in [0.4, 0.5) is 0 Å². The van der Waals surface area contributed by atoms with E-state index >= 15 is 0 Å². The van der Waals surface area contributed by atoms with Gasteiger partial charge in [-0.1, -0.05) is 36.4 Å². The molecule has 2 nitrogen and oxygen atoms in total. The summed E-state index contributed by atoms with van der Waals surface area (Å²) in [7, 11) is -0.671. The molecule has 0 N–H and O–H groups in total. The van der Waals surface area contributed by atoms with Gasteiger partial charge in [0, 0.05) is 11.5 Å². The van der Waals surface area contributed by atoms with E-state index in [0.29, 0.717) is 11.8 Å². The van der Waals surface area contributed by atoms with E-state index in [0.717, 1.165) is 36.0 Å². The van der Waals surface area contributed by atoms with Crippen LogP contribution in [0.1, 0.15) is 49.1 Å². The van der Waals surface area contributed by atoms with Crippen LogP contribution in [0.5, 0.6) is 5.75 Å². The molecular weight excluding hydrogens is 424 g/mol. The molecule has 168 valence electrons. The number of carbonyl (C=O) groups is 1. The maximum atomic E-state index is 13.5. The molecule has 33 heavy (non-hydrogen) atoms. The highest BCUT2D eigenvalue weighted by Gasteiger charge is 2.64. The van der Waals surface area contributed by atoms with Crippen molar-refractivity contribution in [2.75, 3.05) is 0 Å².